The van der Waals surface area contributed by atoms with E-state index < -0.39 is 0 Å². The minimum absolute atomic E-state index is 0.378. The Balaban J connectivity index is 1.77. The van der Waals surface area contributed by atoms with Crippen LogP contribution in [0.25, 0.3) is 27.8 Å². The first kappa shape index (κ1) is 14.5. The van der Waals surface area contributed by atoms with Crippen LogP contribution in [0.4, 0.5) is 5.95 Å². The van der Waals surface area contributed by atoms with Crippen molar-refractivity contribution in [1.82, 2.24) is 14.5 Å². The summed E-state index contributed by atoms with van der Waals surface area (Å²) in [6.07, 6.45) is 1.75. The van der Waals surface area contributed by atoms with E-state index in [-0.39, 0.29) is 6.04 Å². The quantitative estimate of drug-likeness (QED) is 0.555. The molecule has 26 heavy (non-hydrogen) atoms. The summed E-state index contributed by atoms with van der Waals surface area (Å²) >= 11 is 0. The van der Waals surface area contributed by atoms with E-state index in [0.717, 1.165) is 27.5 Å². The van der Waals surface area contributed by atoms with Crippen molar-refractivity contribution in [1.29, 1.82) is 5.26 Å². The Morgan fingerprint density at radius 3 is 2.65 bits per heavy atom. The third-order valence-electron chi connectivity index (χ3n) is 4.75. The van der Waals surface area contributed by atoms with Crippen molar-refractivity contribution in [2.24, 2.45) is 5.73 Å². The molecule has 2 aromatic carbocycles. The molecule has 1 atom stereocenters. The first-order chi connectivity index (χ1) is 12.8. The summed E-state index contributed by atoms with van der Waals surface area (Å²) in [5.74, 6) is 1.04. The number of nitrogens with two attached hydrogens (primary N) is 1. The number of hydrogen-bond donors (Lipinski definition) is 2. The number of nitriles is 1. The van der Waals surface area contributed by atoms with Crippen molar-refractivity contribution < 1.29 is 0 Å². The Morgan fingerprint density at radius 1 is 1.04 bits per heavy atom. The molecule has 0 aliphatic carbocycles. The first-order valence-electron chi connectivity index (χ1n) is 8.25. The van der Waals surface area contributed by atoms with Crippen LogP contribution in [0.2, 0.25) is 0 Å². The van der Waals surface area contributed by atoms with Gasteiger partial charge in [-0.15, -0.1) is 0 Å². The van der Waals surface area contributed by atoms with E-state index in [2.05, 4.69) is 21.4 Å². The number of anilines is 1. The lowest BCUT2D eigenvalue weighted by atomic mass is 9.95. The molecule has 0 saturated carbocycles. The number of pyridine rings is 1. The number of rotatable bonds is 1. The minimum atomic E-state index is -0.378. The predicted octanol–water partition coefficient (Wildman–Crippen LogP) is 3.40. The maximum absolute atomic E-state index is 9.82. The predicted molar refractivity (Wildman–Crippen MR) is 101 cm³/mol. The van der Waals surface area contributed by atoms with Crippen molar-refractivity contribution in [2.75, 3.05) is 5.32 Å². The van der Waals surface area contributed by atoms with E-state index in [1.165, 1.54) is 0 Å². The molecular formula is C20H14N6. The lowest BCUT2D eigenvalue weighted by molar-refractivity contribution is 0.862. The van der Waals surface area contributed by atoms with E-state index in [0.29, 0.717) is 17.3 Å². The maximum atomic E-state index is 9.82. The monoisotopic (exact) mass is 338 g/mol. The van der Waals surface area contributed by atoms with Gasteiger partial charge in [-0.1, -0.05) is 30.3 Å². The van der Waals surface area contributed by atoms with Gasteiger partial charge in [-0.3, -0.25) is 9.55 Å². The summed E-state index contributed by atoms with van der Waals surface area (Å²) in [7, 11) is 0. The summed E-state index contributed by atoms with van der Waals surface area (Å²) < 4.78 is 1.80. The number of nitrogens with one attached hydrogen (secondary N) is 1. The molecule has 2 aromatic heterocycles. The number of imidazole rings is 1. The number of hydrogen-bond acceptors (Lipinski definition) is 5. The fourth-order valence-corrected chi connectivity index (χ4v) is 3.56. The van der Waals surface area contributed by atoms with Crippen LogP contribution < -0.4 is 11.1 Å². The van der Waals surface area contributed by atoms with Crippen LogP contribution in [-0.4, -0.2) is 14.5 Å². The van der Waals surface area contributed by atoms with Gasteiger partial charge in [-0.05, 0) is 29.8 Å². The van der Waals surface area contributed by atoms with Gasteiger partial charge in [-0.2, -0.15) is 5.26 Å². The van der Waals surface area contributed by atoms with E-state index >= 15 is 0 Å². The third-order valence-corrected chi connectivity index (χ3v) is 4.75. The van der Waals surface area contributed by atoms with Gasteiger partial charge in [0.15, 0.2) is 0 Å². The third kappa shape index (κ3) is 1.91. The van der Waals surface area contributed by atoms with Gasteiger partial charge in [0.1, 0.15) is 11.9 Å². The Labute approximate surface area is 149 Å². The number of aromatic nitrogens is 3. The van der Waals surface area contributed by atoms with Crippen molar-refractivity contribution in [3.05, 3.63) is 71.9 Å². The zero-order valence-electron chi connectivity index (χ0n) is 13.7. The van der Waals surface area contributed by atoms with Crippen molar-refractivity contribution in [2.45, 2.75) is 6.04 Å². The number of para-hydroxylation sites is 3. The Bertz CT molecular complexity index is 1240. The van der Waals surface area contributed by atoms with E-state index in [1.54, 1.807) is 10.8 Å². The van der Waals surface area contributed by atoms with Crippen molar-refractivity contribution in [3.63, 3.8) is 0 Å². The Hall–Kier alpha value is -3.85. The van der Waals surface area contributed by atoms with Crippen LogP contribution in [0.3, 0.4) is 0 Å². The molecule has 0 saturated heterocycles. The van der Waals surface area contributed by atoms with E-state index in [9.17, 15) is 5.26 Å². The molecule has 0 radical (unpaired) electrons. The zero-order valence-corrected chi connectivity index (χ0v) is 13.7. The molecule has 5 rings (SSSR count). The molecule has 1 unspecified atom stereocenters. The molecule has 6 heteroatoms. The minimum Gasteiger partial charge on any atom is -0.384 e. The maximum Gasteiger partial charge on any atom is 0.210 e. The normalized spacial score (nSPS) is 16.3. The van der Waals surface area contributed by atoms with Crippen LogP contribution >= 0.6 is 0 Å². The van der Waals surface area contributed by atoms with Gasteiger partial charge in [0.25, 0.3) is 0 Å². The van der Waals surface area contributed by atoms with Gasteiger partial charge in [0.05, 0.1) is 28.2 Å². The smallest absolute Gasteiger partial charge is 0.210 e. The molecule has 1 aliphatic rings. The molecule has 3 heterocycles. The van der Waals surface area contributed by atoms with Crippen LogP contribution in [-0.2, 0) is 0 Å². The molecule has 3 N–H and O–H groups in total. The molecule has 1 aliphatic heterocycles. The first-order valence-corrected chi connectivity index (χ1v) is 8.25. The summed E-state index contributed by atoms with van der Waals surface area (Å²) in [4.78, 5) is 9.05. The molecule has 6 nitrogen and oxygen atoms in total. The fraction of sp³-hybridized carbons (Fsp3) is 0.0500. The summed E-state index contributed by atoms with van der Waals surface area (Å²) in [5.41, 5.74) is 10.4. The fourth-order valence-electron chi connectivity index (χ4n) is 3.56. The lowest BCUT2D eigenvalue weighted by Gasteiger charge is -2.27. The van der Waals surface area contributed by atoms with Gasteiger partial charge in [0.2, 0.25) is 5.95 Å². The van der Waals surface area contributed by atoms with Crippen LogP contribution in [0, 0.1) is 11.3 Å². The standard InChI is InChI=1S/C20H14N6/c21-11-14-18(13-9-10-23-15-6-2-1-5-12(13)15)25-20-24-16-7-3-4-8-17(16)26(20)19(14)22/h1-10,18H,22H2,(H,24,25). The van der Waals surface area contributed by atoms with Crippen molar-refractivity contribution >= 4 is 33.7 Å². The van der Waals surface area contributed by atoms with Gasteiger partial charge in [0, 0.05) is 11.6 Å². The Kier molecular flexibility index (Phi) is 2.97. The average molecular weight is 338 g/mol. The number of benzene rings is 2. The molecular weight excluding hydrogens is 324 g/mol. The highest BCUT2D eigenvalue weighted by atomic mass is 15.3. The second-order valence-electron chi connectivity index (χ2n) is 6.16. The lowest BCUT2D eigenvalue weighted by Crippen LogP contribution is -2.26. The molecule has 0 bridgehead atoms. The highest BCUT2D eigenvalue weighted by Crippen LogP contribution is 2.38. The highest BCUT2D eigenvalue weighted by Gasteiger charge is 2.30. The molecule has 4 aromatic rings. The largest absolute Gasteiger partial charge is 0.384 e. The SMILES string of the molecule is N#CC1=C(N)n2c(nc3ccccc32)NC1c1ccnc2ccccc12. The topological polar surface area (TPSA) is 92.5 Å². The summed E-state index contributed by atoms with van der Waals surface area (Å²) in [6, 6.07) is 19.4. The Morgan fingerprint density at radius 2 is 1.81 bits per heavy atom. The van der Waals surface area contributed by atoms with E-state index in [1.807, 2.05) is 54.6 Å². The molecule has 0 spiro atoms. The number of fused-ring (bicyclic) bond motifs is 4. The van der Waals surface area contributed by atoms with Crippen LogP contribution in [0.5, 0.6) is 0 Å². The highest BCUT2D eigenvalue weighted by molar-refractivity contribution is 5.88. The average Bonchev–Trinajstić information content (AvgIpc) is 3.06. The summed E-state index contributed by atoms with van der Waals surface area (Å²) in [5, 5.41) is 14.2. The van der Waals surface area contributed by atoms with Crippen LogP contribution in [0.1, 0.15) is 11.6 Å². The second-order valence-corrected chi connectivity index (χ2v) is 6.16. The summed E-state index contributed by atoms with van der Waals surface area (Å²) in [6.45, 7) is 0. The van der Waals surface area contributed by atoms with Gasteiger partial charge >= 0.3 is 0 Å². The van der Waals surface area contributed by atoms with Gasteiger partial charge in [-0.25, -0.2) is 4.98 Å². The molecule has 0 amide bonds. The van der Waals surface area contributed by atoms with Gasteiger partial charge < -0.3 is 11.1 Å². The van der Waals surface area contributed by atoms with Crippen LogP contribution in [0.15, 0.2) is 66.4 Å². The zero-order chi connectivity index (χ0) is 17.7. The van der Waals surface area contributed by atoms with Crippen molar-refractivity contribution in [3.8, 4) is 6.07 Å². The molecule has 124 valence electrons. The molecule has 0 fully saturated rings. The van der Waals surface area contributed by atoms with E-state index in [4.69, 9.17) is 5.73 Å². The number of nitrogens with zero attached hydrogens (tertiary/aromatic N) is 4. The second kappa shape index (κ2) is 5.33.